The summed E-state index contributed by atoms with van der Waals surface area (Å²) < 4.78 is 0. The monoisotopic (exact) mass is 122 g/mol. The molecule has 0 aliphatic heterocycles. The van der Waals surface area contributed by atoms with Crippen molar-refractivity contribution in [3.8, 4) is 0 Å². The Labute approximate surface area is 57.3 Å². The molecule has 1 aliphatic rings. The molecule has 1 aliphatic carbocycles. The summed E-state index contributed by atoms with van der Waals surface area (Å²) in [4.78, 5) is 0. The summed E-state index contributed by atoms with van der Waals surface area (Å²) in [6, 6.07) is 0. The van der Waals surface area contributed by atoms with E-state index in [1.54, 1.807) is 0 Å². The molecule has 0 heteroatoms. The van der Waals surface area contributed by atoms with Crippen LogP contribution in [0.2, 0.25) is 0 Å². The molecule has 0 aromatic carbocycles. The molecule has 0 bridgehead atoms. The lowest BCUT2D eigenvalue weighted by Crippen LogP contribution is -2.05. The fourth-order valence-electron chi connectivity index (χ4n) is 1.26. The average molecular weight is 122 g/mol. The Morgan fingerprint density at radius 1 is 1.33 bits per heavy atom. The molecular formula is C9H14. The minimum atomic E-state index is 0.836. The maximum Gasteiger partial charge on any atom is -0.0256 e. The van der Waals surface area contributed by atoms with Crippen LogP contribution in [0.25, 0.3) is 0 Å². The lowest BCUT2D eigenvalue weighted by atomic mass is 9.85. The minimum Gasteiger partial charge on any atom is -0.0956 e. The molecule has 0 radical (unpaired) electrons. The third-order valence-corrected chi connectivity index (χ3v) is 2.03. The Balaban J connectivity index is 2.54. The molecule has 1 atom stereocenters. The van der Waals surface area contributed by atoms with Gasteiger partial charge in [0.2, 0.25) is 0 Å². The van der Waals surface area contributed by atoms with Crippen molar-refractivity contribution in [1.82, 2.24) is 0 Å². The molecule has 1 fully saturated rings. The minimum absolute atomic E-state index is 0.836. The van der Waals surface area contributed by atoms with Crippen LogP contribution in [0.3, 0.4) is 0 Å². The van der Waals surface area contributed by atoms with E-state index >= 15 is 0 Å². The summed E-state index contributed by atoms with van der Waals surface area (Å²) in [5, 5.41) is 0. The first-order chi connectivity index (χ1) is 4.20. The van der Waals surface area contributed by atoms with Crippen molar-refractivity contribution in [2.45, 2.75) is 26.2 Å². The second-order valence-electron chi connectivity index (χ2n) is 3.06. The van der Waals surface area contributed by atoms with Gasteiger partial charge in [-0.3, -0.25) is 0 Å². The van der Waals surface area contributed by atoms with Gasteiger partial charge in [0, 0.05) is 0 Å². The van der Waals surface area contributed by atoms with Crippen molar-refractivity contribution < 1.29 is 0 Å². The standard InChI is InChI=1S/C9H14/c1-7-4-5-8(2)9(3)6-7/h7H,2-6H2,1H3. The predicted molar refractivity (Wildman–Crippen MR) is 41.3 cm³/mol. The maximum atomic E-state index is 3.95. The van der Waals surface area contributed by atoms with E-state index in [9.17, 15) is 0 Å². The molecule has 1 unspecified atom stereocenters. The highest BCUT2D eigenvalue weighted by molar-refractivity contribution is 5.27. The first-order valence-corrected chi connectivity index (χ1v) is 3.56. The first kappa shape index (κ1) is 6.60. The van der Waals surface area contributed by atoms with Gasteiger partial charge in [-0.25, -0.2) is 0 Å². The van der Waals surface area contributed by atoms with E-state index in [0.717, 1.165) is 5.92 Å². The Kier molecular flexibility index (Phi) is 1.75. The molecule has 0 heterocycles. The molecule has 0 N–H and O–H groups in total. The van der Waals surface area contributed by atoms with E-state index in [0.29, 0.717) is 0 Å². The highest BCUT2D eigenvalue weighted by Crippen LogP contribution is 2.29. The molecule has 1 saturated carbocycles. The van der Waals surface area contributed by atoms with Gasteiger partial charge in [0.15, 0.2) is 0 Å². The van der Waals surface area contributed by atoms with Gasteiger partial charge in [-0.15, -0.1) is 0 Å². The van der Waals surface area contributed by atoms with Crippen molar-refractivity contribution in [3.05, 3.63) is 24.3 Å². The normalized spacial score (nSPS) is 28.8. The van der Waals surface area contributed by atoms with Crippen molar-refractivity contribution in [3.63, 3.8) is 0 Å². The summed E-state index contributed by atoms with van der Waals surface area (Å²) >= 11 is 0. The molecule has 0 aromatic rings. The molecular weight excluding hydrogens is 108 g/mol. The third-order valence-electron chi connectivity index (χ3n) is 2.03. The van der Waals surface area contributed by atoms with Crippen molar-refractivity contribution in [1.29, 1.82) is 0 Å². The molecule has 0 amide bonds. The van der Waals surface area contributed by atoms with Gasteiger partial charge in [0.05, 0.1) is 0 Å². The van der Waals surface area contributed by atoms with E-state index in [1.807, 2.05) is 0 Å². The summed E-state index contributed by atoms with van der Waals surface area (Å²) in [5.74, 6) is 0.836. The molecule has 0 nitrogen and oxygen atoms in total. The molecule has 50 valence electrons. The van der Waals surface area contributed by atoms with Gasteiger partial charge < -0.3 is 0 Å². The van der Waals surface area contributed by atoms with Crippen LogP contribution < -0.4 is 0 Å². The van der Waals surface area contributed by atoms with E-state index in [1.165, 1.54) is 30.4 Å². The fraction of sp³-hybridized carbons (Fsp3) is 0.556. The van der Waals surface area contributed by atoms with Gasteiger partial charge in [-0.2, -0.15) is 0 Å². The van der Waals surface area contributed by atoms with Gasteiger partial charge in [-0.05, 0) is 25.2 Å². The lowest BCUT2D eigenvalue weighted by Gasteiger charge is -2.21. The highest BCUT2D eigenvalue weighted by Gasteiger charge is 2.13. The molecule has 1 rings (SSSR count). The first-order valence-electron chi connectivity index (χ1n) is 3.56. The lowest BCUT2D eigenvalue weighted by molar-refractivity contribution is 0.499. The number of rotatable bonds is 0. The zero-order valence-corrected chi connectivity index (χ0v) is 6.11. The Hall–Kier alpha value is -0.520. The van der Waals surface area contributed by atoms with Crippen molar-refractivity contribution >= 4 is 0 Å². The molecule has 0 saturated heterocycles. The number of allylic oxidation sites excluding steroid dienone is 2. The van der Waals surface area contributed by atoms with Crippen LogP contribution >= 0.6 is 0 Å². The Bertz CT molecular complexity index is 142. The van der Waals surface area contributed by atoms with Crippen LogP contribution in [0.4, 0.5) is 0 Å². The highest BCUT2D eigenvalue weighted by atomic mass is 14.2. The van der Waals surface area contributed by atoms with E-state index in [-0.39, 0.29) is 0 Å². The van der Waals surface area contributed by atoms with Gasteiger partial charge >= 0.3 is 0 Å². The van der Waals surface area contributed by atoms with Gasteiger partial charge in [0.25, 0.3) is 0 Å². The van der Waals surface area contributed by atoms with Crippen LogP contribution in [-0.4, -0.2) is 0 Å². The largest absolute Gasteiger partial charge is 0.0956 e. The third kappa shape index (κ3) is 1.44. The van der Waals surface area contributed by atoms with Crippen molar-refractivity contribution in [2.24, 2.45) is 5.92 Å². The van der Waals surface area contributed by atoms with E-state index in [4.69, 9.17) is 0 Å². The second-order valence-corrected chi connectivity index (χ2v) is 3.06. The van der Waals surface area contributed by atoms with Crippen LogP contribution in [-0.2, 0) is 0 Å². The summed E-state index contributed by atoms with van der Waals surface area (Å²) in [5.41, 5.74) is 2.54. The van der Waals surface area contributed by atoms with Crippen LogP contribution in [0.15, 0.2) is 24.3 Å². The van der Waals surface area contributed by atoms with Crippen LogP contribution in [0.1, 0.15) is 26.2 Å². The second kappa shape index (κ2) is 2.38. The van der Waals surface area contributed by atoms with Crippen LogP contribution in [0.5, 0.6) is 0 Å². The molecule has 0 aromatic heterocycles. The van der Waals surface area contributed by atoms with Crippen LogP contribution in [0, 0.1) is 5.92 Å². The summed E-state index contributed by atoms with van der Waals surface area (Å²) in [6.45, 7) is 10.2. The molecule has 0 spiro atoms. The quantitative estimate of drug-likeness (QED) is 0.463. The maximum absolute atomic E-state index is 3.95. The van der Waals surface area contributed by atoms with E-state index < -0.39 is 0 Å². The smallest absolute Gasteiger partial charge is 0.0256 e. The zero-order valence-electron chi connectivity index (χ0n) is 6.11. The molecule has 9 heavy (non-hydrogen) atoms. The van der Waals surface area contributed by atoms with E-state index in [2.05, 4.69) is 20.1 Å². The number of hydrogen-bond donors (Lipinski definition) is 0. The van der Waals surface area contributed by atoms with Gasteiger partial charge in [0.1, 0.15) is 0 Å². The van der Waals surface area contributed by atoms with Crippen molar-refractivity contribution in [2.75, 3.05) is 0 Å². The Morgan fingerprint density at radius 2 is 2.00 bits per heavy atom. The fourth-order valence-corrected chi connectivity index (χ4v) is 1.26. The SMILES string of the molecule is C=C1CCC(C)CC1=C. The Morgan fingerprint density at radius 3 is 2.44 bits per heavy atom. The summed E-state index contributed by atoms with van der Waals surface area (Å²) in [7, 11) is 0. The average Bonchev–Trinajstić information content (AvgIpc) is 1.80. The predicted octanol–water partition coefficient (Wildman–Crippen LogP) is 2.92. The van der Waals surface area contributed by atoms with Gasteiger partial charge in [-0.1, -0.05) is 31.2 Å². The number of hydrogen-bond acceptors (Lipinski definition) is 0. The topological polar surface area (TPSA) is 0 Å². The summed E-state index contributed by atoms with van der Waals surface area (Å²) in [6.07, 6.45) is 3.64. The zero-order chi connectivity index (χ0) is 6.85.